The number of aromatic nitrogens is 3. The van der Waals surface area contributed by atoms with Gasteiger partial charge in [-0.2, -0.15) is 5.10 Å². The molecule has 0 aliphatic heterocycles. The van der Waals surface area contributed by atoms with Gasteiger partial charge in [0.25, 0.3) is 11.8 Å². The third-order valence-electron chi connectivity index (χ3n) is 4.91. The number of nitrogens with two attached hydrogens (primary N) is 2. The molecule has 174 valence electrons. The standard InChI is InChI=1S/C22H27N7O3S/c1-13(2)8-9-16(20(24)30)28-22(32)17-11-25-18(33-17)12-26-21(31)15-10-27-29(19(15)23)14-6-4-3-5-7-14/h3-7,10-11,13,16H,8-9,12,23H2,1-2H3,(H2,24,30)(H,26,31)(H,28,32)/t16-/m0/s1. The van der Waals surface area contributed by atoms with Crippen molar-refractivity contribution < 1.29 is 14.4 Å². The van der Waals surface area contributed by atoms with Crippen molar-refractivity contribution in [3.05, 3.63) is 58.2 Å². The molecule has 0 aliphatic carbocycles. The maximum atomic E-state index is 12.6. The van der Waals surface area contributed by atoms with Crippen LogP contribution in [0.1, 0.15) is 51.7 Å². The quantitative estimate of drug-likeness (QED) is 0.355. The second-order valence-corrected chi connectivity index (χ2v) is 9.01. The molecule has 1 atom stereocenters. The molecule has 0 radical (unpaired) electrons. The molecule has 33 heavy (non-hydrogen) atoms. The summed E-state index contributed by atoms with van der Waals surface area (Å²) in [6.07, 6.45) is 4.04. The summed E-state index contributed by atoms with van der Waals surface area (Å²) in [7, 11) is 0. The lowest BCUT2D eigenvalue weighted by molar-refractivity contribution is -0.120. The zero-order valence-corrected chi connectivity index (χ0v) is 19.3. The number of carbonyl (C=O) groups is 3. The Labute approximate surface area is 195 Å². The molecule has 0 aliphatic rings. The lowest BCUT2D eigenvalue weighted by Crippen LogP contribution is -2.44. The van der Waals surface area contributed by atoms with Gasteiger partial charge in [0.05, 0.1) is 24.6 Å². The minimum absolute atomic E-state index is 0.110. The van der Waals surface area contributed by atoms with Gasteiger partial charge in [0.1, 0.15) is 27.3 Å². The minimum atomic E-state index is -0.741. The highest BCUT2D eigenvalue weighted by Gasteiger charge is 2.21. The molecule has 0 bridgehead atoms. The molecule has 3 amide bonds. The fourth-order valence-electron chi connectivity index (χ4n) is 3.07. The van der Waals surface area contributed by atoms with Crippen LogP contribution in [-0.2, 0) is 11.3 Å². The molecule has 0 spiro atoms. The summed E-state index contributed by atoms with van der Waals surface area (Å²) in [6, 6.07) is 8.50. The number of primary amides is 1. The first kappa shape index (κ1) is 23.9. The number of amides is 3. The summed E-state index contributed by atoms with van der Waals surface area (Å²) in [6.45, 7) is 4.17. The van der Waals surface area contributed by atoms with Gasteiger partial charge in [-0.25, -0.2) is 9.67 Å². The van der Waals surface area contributed by atoms with Crippen LogP contribution in [0, 0.1) is 5.92 Å². The normalized spacial score (nSPS) is 11.8. The Morgan fingerprint density at radius 2 is 1.82 bits per heavy atom. The summed E-state index contributed by atoms with van der Waals surface area (Å²) in [4.78, 5) is 41.2. The molecule has 0 unspecified atom stereocenters. The molecule has 10 nitrogen and oxygen atoms in total. The zero-order valence-electron chi connectivity index (χ0n) is 18.4. The molecule has 0 fully saturated rings. The van der Waals surface area contributed by atoms with Crippen molar-refractivity contribution in [3.63, 3.8) is 0 Å². The third kappa shape index (κ3) is 6.16. The van der Waals surface area contributed by atoms with Crippen LogP contribution in [0.3, 0.4) is 0 Å². The van der Waals surface area contributed by atoms with Gasteiger partial charge in [0, 0.05) is 0 Å². The molecule has 0 saturated carbocycles. The van der Waals surface area contributed by atoms with Crippen molar-refractivity contribution in [3.8, 4) is 5.69 Å². The maximum absolute atomic E-state index is 12.6. The number of thiazole rings is 1. The number of rotatable bonds is 10. The van der Waals surface area contributed by atoms with Gasteiger partial charge < -0.3 is 22.1 Å². The van der Waals surface area contributed by atoms with Crippen molar-refractivity contribution in [1.29, 1.82) is 0 Å². The van der Waals surface area contributed by atoms with Gasteiger partial charge in [0.15, 0.2) is 0 Å². The number of anilines is 1. The summed E-state index contributed by atoms with van der Waals surface area (Å²) in [5, 5.41) is 10.1. The average Bonchev–Trinajstić information content (AvgIpc) is 3.42. The van der Waals surface area contributed by atoms with E-state index in [1.54, 1.807) is 0 Å². The van der Waals surface area contributed by atoms with E-state index < -0.39 is 23.8 Å². The molecule has 0 saturated heterocycles. The summed E-state index contributed by atoms with van der Waals surface area (Å²) in [5.74, 6) is -0.799. The van der Waals surface area contributed by atoms with Crippen LogP contribution in [0.15, 0.2) is 42.7 Å². The SMILES string of the molecule is CC(C)CC[C@H](NC(=O)c1cnc(CNC(=O)c2cnn(-c3ccccc3)c2N)s1)C(N)=O. The van der Waals surface area contributed by atoms with Gasteiger partial charge in [-0.1, -0.05) is 32.0 Å². The highest BCUT2D eigenvalue weighted by Crippen LogP contribution is 2.18. The molecular weight excluding hydrogens is 442 g/mol. The fourth-order valence-corrected chi connectivity index (χ4v) is 3.83. The maximum Gasteiger partial charge on any atom is 0.263 e. The predicted molar refractivity (Wildman–Crippen MR) is 126 cm³/mol. The number of nitrogens with zero attached hydrogens (tertiary/aromatic N) is 3. The van der Waals surface area contributed by atoms with Crippen molar-refractivity contribution in [1.82, 2.24) is 25.4 Å². The van der Waals surface area contributed by atoms with Crippen molar-refractivity contribution >= 4 is 34.9 Å². The summed E-state index contributed by atoms with van der Waals surface area (Å²) in [5.41, 5.74) is 12.5. The number of hydrogen-bond donors (Lipinski definition) is 4. The topological polar surface area (TPSA) is 158 Å². The minimum Gasteiger partial charge on any atom is -0.383 e. The van der Waals surface area contributed by atoms with Crippen molar-refractivity contribution in [2.24, 2.45) is 11.7 Å². The number of carbonyl (C=O) groups excluding carboxylic acids is 3. The Balaban J connectivity index is 1.59. The molecule has 1 aromatic carbocycles. The van der Waals surface area contributed by atoms with Crippen molar-refractivity contribution in [2.45, 2.75) is 39.3 Å². The Morgan fingerprint density at radius 1 is 1.09 bits per heavy atom. The van der Waals surface area contributed by atoms with E-state index in [1.165, 1.54) is 17.1 Å². The van der Waals surface area contributed by atoms with Gasteiger partial charge in [-0.15, -0.1) is 11.3 Å². The van der Waals surface area contributed by atoms with Crippen LogP contribution in [0.4, 0.5) is 5.82 Å². The number of benzene rings is 1. The van der Waals surface area contributed by atoms with E-state index in [4.69, 9.17) is 11.5 Å². The Bertz CT molecular complexity index is 1120. The van der Waals surface area contributed by atoms with E-state index in [2.05, 4.69) is 20.7 Å². The Morgan fingerprint density at radius 3 is 2.48 bits per heavy atom. The van der Waals surface area contributed by atoms with E-state index in [0.717, 1.165) is 23.4 Å². The highest BCUT2D eigenvalue weighted by molar-refractivity contribution is 7.13. The first-order valence-electron chi connectivity index (χ1n) is 10.5. The lowest BCUT2D eigenvalue weighted by atomic mass is 10.0. The second kappa shape index (κ2) is 10.7. The molecule has 3 rings (SSSR count). The smallest absolute Gasteiger partial charge is 0.263 e. The predicted octanol–water partition coefficient (Wildman–Crippen LogP) is 1.86. The zero-order chi connectivity index (χ0) is 24.0. The van der Waals surface area contributed by atoms with Crippen LogP contribution in [0.25, 0.3) is 5.69 Å². The Kier molecular flexibility index (Phi) is 7.78. The van der Waals surface area contributed by atoms with E-state index >= 15 is 0 Å². The lowest BCUT2D eigenvalue weighted by Gasteiger charge is -2.15. The van der Waals surface area contributed by atoms with Crippen LogP contribution in [-0.4, -0.2) is 38.5 Å². The molecule has 2 aromatic heterocycles. The van der Waals surface area contributed by atoms with Crippen molar-refractivity contribution in [2.75, 3.05) is 5.73 Å². The summed E-state index contributed by atoms with van der Waals surface area (Å²) < 4.78 is 1.48. The largest absolute Gasteiger partial charge is 0.383 e. The molecule has 6 N–H and O–H groups in total. The van der Waals surface area contributed by atoms with Crippen LogP contribution in [0.5, 0.6) is 0 Å². The number of nitrogens with one attached hydrogen (secondary N) is 2. The molecule has 3 aromatic rings. The average molecular weight is 470 g/mol. The van der Waals surface area contributed by atoms with E-state index in [9.17, 15) is 14.4 Å². The molecule has 2 heterocycles. The van der Waals surface area contributed by atoms with E-state index in [-0.39, 0.29) is 17.9 Å². The van der Waals surface area contributed by atoms with E-state index in [0.29, 0.717) is 22.2 Å². The molecule has 11 heteroatoms. The number of hydrogen-bond acceptors (Lipinski definition) is 7. The van der Waals surface area contributed by atoms with E-state index in [1.807, 2.05) is 44.2 Å². The van der Waals surface area contributed by atoms with Gasteiger partial charge in [0.2, 0.25) is 5.91 Å². The monoisotopic (exact) mass is 469 g/mol. The fraction of sp³-hybridized carbons (Fsp3) is 0.318. The first-order valence-corrected chi connectivity index (χ1v) is 11.3. The van der Waals surface area contributed by atoms with Gasteiger partial charge in [-0.05, 0) is 30.9 Å². The summed E-state index contributed by atoms with van der Waals surface area (Å²) >= 11 is 1.12. The third-order valence-corrected chi connectivity index (χ3v) is 5.91. The Hall–Kier alpha value is -3.73. The molecular formula is C22H27N7O3S. The van der Waals surface area contributed by atoms with Crippen LogP contribution in [0.2, 0.25) is 0 Å². The van der Waals surface area contributed by atoms with Crippen LogP contribution >= 0.6 is 11.3 Å². The highest BCUT2D eigenvalue weighted by atomic mass is 32.1. The van der Waals surface area contributed by atoms with Crippen LogP contribution < -0.4 is 22.1 Å². The second-order valence-electron chi connectivity index (χ2n) is 7.89. The number of para-hydroxylation sites is 1. The number of nitrogen functional groups attached to an aromatic ring is 1. The van der Waals surface area contributed by atoms with Gasteiger partial charge >= 0.3 is 0 Å². The van der Waals surface area contributed by atoms with Gasteiger partial charge in [-0.3, -0.25) is 14.4 Å². The first-order chi connectivity index (χ1) is 15.8.